The van der Waals surface area contributed by atoms with Gasteiger partial charge in [-0.05, 0) is 40.0 Å². The summed E-state index contributed by atoms with van der Waals surface area (Å²) in [7, 11) is 0. The fourth-order valence-electron chi connectivity index (χ4n) is 2.40. The first kappa shape index (κ1) is 16.0. The highest BCUT2D eigenvalue weighted by Crippen LogP contribution is 2.28. The second-order valence-corrected chi connectivity index (χ2v) is 6.51. The monoisotopic (exact) mass is 269 g/mol. The van der Waals surface area contributed by atoms with Crippen LogP contribution in [0.5, 0.6) is 0 Å². The molecule has 0 unspecified atom stereocenters. The van der Waals surface area contributed by atoms with E-state index >= 15 is 0 Å². The van der Waals surface area contributed by atoms with Crippen LogP contribution in [-0.2, 0) is 14.3 Å². The van der Waals surface area contributed by atoms with E-state index in [2.05, 4.69) is 5.32 Å². The Balaban J connectivity index is 2.24. The number of carbonyl (C=O) groups is 2. The van der Waals surface area contributed by atoms with E-state index in [0.29, 0.717) is 12.3 Å². The average Bonchev–Trinajstić information content (AvgIpc) is 2.76. The largest absolute Gasteiger partial charge is 0.458 e. The van der Waals surface area contributed by atoms with Crippen molar-refractivity contribution in [3.63, 3.8) is 0 Å². The molecular weight excluding hydrogens is 242 g/mol. The third kappa shape index (κ3) is 6.60. The molecule has 0 heterocycles. The lowest BCUT2D eigenvalue weighted by Gasteiger charge is -2.22. The van der Waals surface area contributed by atoms with Crippen LogP contribution in [0, 0.1) is 5.92 Å². The number of ether oxygens (including phenoxy) is 1. The third-order valence-corrected chi connectivity index (χ3v) is 3.39. The number of carbonyl (C=O) groups excluding carboxylic acids is 2. The van der Waals surface area contributed by atoms with Gasteiger partial charge >= 0.3 is 5.97 Å². The maximum atomic E-state index is 11.8. The van der Waals surface area contributed by atoms with Gasteiger partial charge in [-0.1, -0.05) is 25.7 Å². The number of rotatable bonds is 5. The van der Waals surface area contributed by atoms with Crippen LogP contribution in [0.15, 0.2) is 0 Å². The Morgan fingerprint density at radius 2 is 1.84 bits per heavy atom. The summed E-state index contributed by atoms with van der Waals surface area (Å²) in [4.78, 5) is 23.5. The van der Waals surface area contributed by atoms with E-state index in [1.165, 1.54) is 25.7 Å². The first-order valence-corrected chi connectivity index (χ1v) is 7.30. The van der Waals surface area contributed by atoms with Gasteiger partial charge in [0.1, 0.15) is 11.6 Å². The predicted octanol–water partition coefficient (Wildman–Crippen LogP) is 2.80. The summed E-state index contributed by atoms with van der Waals surface area (Å²) in [6.07, 6.45) is 6.52. The third-order valence-electron chi connectivity index (χ3n) is 3.39. The molecule has 0 aromatic rings. The van der Waals surface area contributed by atoms with Gasteiger partial charge in [-0.3, -0.25) is 4.79 Å². The van der Waals surface area contributed by atoms with Gasteiger partial charge in [0.15, 0.2) is 0 Å². The van der Waals surface area contributed by atoms with Crippen molar-refractivity contribution >= 4 is 11.9 Å². The van der Waals surface area contributed by atoms with Gasteiger partial charge in [0.2, 0.25) is 5.91 Å². The van der Waals surface area contributed by atoms with Crippen LogP contribution in [0.4, 0.5) is 0 Å². The summed E-state index contributed by atoms with van der Waals surface area (Å²) in [5.74, 6) is 0.273. The Labute approximate surface area is 116 Å². The minimum absolute atomic E-state index is 0.0507. The second kappa shape index (κ2) is 6.92. The lowest BCUT2D eigenvalue weighted by atomic mass is 10.0. The average molecular weight is 269 g/mol. The lowest BCUT2D eigenvalue weighted by molar-refractivity contribution is -0.158. The highest BCUT2D eigenvalue weighted by Gasteiger charge is 2.23. The minimum Gasteiger partial charge on any atom is -0.458 e. The topological polar surface area (TPSA) is 55.4 Å². The molecule has 4 heteroatoms. The number of esters is 1. The summed E-state index contributed by atoms with van der Waals surface area (Å²) in [5.41, 5.74) is -0.514. The van der Waals surface area contributed by atoms with Gasteiger partial charge in [-0.15, -0.1) is 0 Å². The van der Waals surface area contributed by atoms with Crippen LogP contribution in [0.1, 0.15) is 66.2 Å². The molecule has 1 atom stereocenters. The SMILES string of the molecule is C[C@@H](NC(=O)CCC1CCCC1)C(=O)OC(C)(C)C. The maximum absolute atomic E-state index is 11.8. The van der Waals surface area contributed by atoms with Crippen molar-refractivity contribution < 1.29 is 14.3 Å². The normalized spacial score (nSPS) is 18.1. The van der Waals surface area contributed by atoms with Crippen LogP contribution in [0.2, 0.25) is 0 Å². The molecule has 4 nitrogen and oxygen atoms in total. The summed E-state index contributed by atoms with van der Waals surface area (Å²) in [5, 5.41) is 2.71. The van der Waals surface area contributed by atoms with Crippen LogP contribution in [0.25, 0.3) is 0 Å². The van der Waals surface area contributed by atoms with Crippen LogP contribution in [0.3, 0.4) is 0 Å². The van der Waals surface area contributed by atoms with E-state index in [-0.39, 0.29) is 11.9 Å². The number of hydrogen-bond donors (Lipinski definition) is 1. The maximum Gasteiger partial charge on any atom is 0.328 e. The highest BCUT2D eigenvalue weighted by molar-refractivity contribution is 5.84. The molecule has 1 N–H and O–H groups in total. The van der Waals surface area contributed by atoms with Crippen molar-refractivity contribution in [2.45, 2.75) is 77.9 Å². The quantitative estimate of drug-likeness (QED) is 0.781. The van der Waals surface area contributed by atoms with Crippen molar-refractivity contribution in [2.75, 3.05) is 0 Å². The van der Waals surface area contributed by atoms with Gasteiger partial charge < -0.3 is 10.1 Å². The Hall–Kier alpha value is -1.06. The zero-order chi connectivity index (χ0) is 14.5. The smallest absolute Gasteiger partial charge is 0.328 e. The molecule has 0 spiro atoms. The summed E-state index contributed by atoms with van der Waals surface area (Å²) in [6.45, 7) is 7.13. The molecule has 1 fully saturated rings. The standard InChI is InChI=1S/C15H27NO3/c1-11(14(18)19-15(2,3)4)16-13(17)10-9-12-7-5-6-8-12/h11-12H,5-10H2,1-4H3,(H,16,17)/t11-/m1/s1. The Morgan fingerprint density at radius 3 is 2.37 bits per heavy atom. The molecule has 0 aromatic carbocycles. The van der Waals surface area contributed by atoms with Crippen LogP contribution >= 0.6 is 0 Å². The zero-order valence-corrected chi connectivity index (χ0v) is 12.6. The van der Waals surface area contributed by atoms with Gasteiger partial charge in [0.25, 0.3) is 0 Å². The van der Waals surface area contributed by atoms with Gasteiger partial charge in [0, 0.05) is 6.42 Å². The molecule has 0 saturated heterocycles. The molecule has 0 radical (unpaired) electrons. The Morgan fingerprint density at radius 1 is 1.26 bits per heavy atom. The molecule has 19 heavy (non-hydrogen) atoms. The Bertz CT molecular complexity index is 314. The van der Waals surface area contributed by atoms with Crippen molar-refractivity contribution in [1.82, 2.24) is 5.32 Å². The molecule has 0 aliphatic heterocycles. The molecule has 1 aliphatic rings. The van der Waals surface area contributed by atoms with E-state index in [0.717, 1.165) is 6.42 Å². The predicted molar refractivity (Wildman–Crippen MR) is 74.6 cm³/mol. The highest BCUT2D eigenvalue weighted by atomic mass is 16.6. The molecule has 1 amide bonds. The number of hydrogen-bond acceptors (Lipinski definition) is 3. The summed E-state index contributed by atoms with van der Waals surface area (Å²) >= 11 is 0. The van der Waals surface area contributed by atoms with E-state index in [4.69, 9.17) is 4.74 Å². The van der Waals surface area contributed by atoms with Gasteiger partial charge in [-0.25, -0.2) is 4.79 Å². The number of amides is 1. The Kier molecular flexibility index (Phi) is 5.83. The molecule has 1 saturated carbocycles. The summed E-state index contributed by atoms with van der Waals surface area (Å²) in [6, 6.07) is -0.574. The molecule has 1 aliphatic carbocycles. The molecular formula is C15H27NO3. The van der Waals surface area contributed by atoms with Crippen molar-refractivity contribution in [2.24, 2.45) is 5.92 Å². The van der Waals surface area contributed by atoms with Gasteiger partial charge in [-0.2, -0.15) is 0 Å². The first-order valence-electron chi connectivity index (χ1n) is 7.30. The van der Waals surface area contributed by atoms with E-state index in [9.17, 15) is 9.59 Å². The van der Waals surface area contributed by atoms with E-state index in [1.807, 2.05) is 20.8 Å². The number of nitrogens with one attached hydrogen (secondary N) is 1. The molecule has 0 aromatic heterocycles. The fraction of sp³-hybridized carbons (Fsp3) is 0.867. The van der Waals surface area contributed by atoms with Crippen LogP contribution < -0.4 is 5.32 Å². The minimum atomic E-state index is -0.574. The molecule has 110 valence electrons. The first-order chi connectivity index (χ1) is 8.78. The van der Waals surface area contributed by atoms with Crippen LogP contribution in [-0.4, -0.2) is 23.5 Å². The van der Waals surface area contributed by atoms with Crippen molar-refractivity contribution in [3.05, 3.63) is 0 Å². The molecule has 0 bridgehead atoms. The summed E-state index contributed by atoms with van der Waals surface area (Å²) < 4.78 is 5.22. The van der Waals surface area contributed by atoms with Gasteiger partial charge in [0.05, 0.1) is 0 Å². The van der Waals surface area contributed by atoms with E-state index < -0.39 is 11.6 Å². The van der Waals surface area contributed by atoms with E-state index in [1.54, 1.807) is 6.92 Å². The zero-order valence-electron chi connectivity index (χ0n) is 12.6. The second-order valence-electron chi connectivity index (χ2n) is 6.51. The van der Waals surface area contributed by atoms with Crippen molar-refractivity contribution in [3.8, 4) is 0 Å². The molecule has 1 rings (SSSR count). The fourth-order valence-corrected chi connectivity index (χ4v) is 2.40. The van der Waals surface area contributed by atoms with Crippen molar-refractivity contribution in [1.29, 1.82) is 0 Å². The lowest BCUT2D eigenvalue weighted by Crippen LogP contribution is -2.42.